The fourth-order valence-electron chi connectivity index (χ4n) is 5.32. The number of esters is 1. The van der Waals surface area contributed by atoms with Crippen molar-refractivity contribution >= 4 is 11.9 Å². The number of ether oxygens (including phenoxy) is 1. The van der Waals surface area contributed by atoms with Gasteiger partial charge in [0.05, 0.1) is 12.6 Å². The average molecular weight is 412 g/mol. The van der Waals surface area contributed by atoms with Crippen molar-refractivity contribution in [3.8, 4) is 0 Å². The van der Waals surface area contributed by atoms with E-state index in [-0.39, 0.29) is 11.9 Å². The van der Waals surface area contributed by atoms with Gasteiger partial charge in [-0.15, -0.1) is 0 Å². The van der Waals surface area contributed by atoms with E-state index in [2.05, 4.69) is 25.1 Å². The number of fused-ring (bicyclic) bond motifs is 5. The van der Waals surface area contributed by atoms with Crippen molar-refractivity contribution in [2.75, 3.05) is 6.61 Å². The maximum absolute atomic E-state index is 13.7. The van der Waals surface area contributed by atoms with Crippen molar-refractivity contribution in [2.24, 2.45) is 0 Å². The molecule has 0 bridgehead atoms. The zero-order valence-corrected chi connectivity index (χ0v) is 17.8. The van der Waals surface area contributed by atoms with Crippen LogP contribution in [-0.2, 0) is 27.9 Å². The largest absolute Gasteiger partial charge is 0.465 e. The Kier molecular flexibility index (Phi) is 4.66. The molecule has 0 spiro atoms. The molecule has 5 rings (SSSR count). The Morgan fingerprint density at radius 1 is 1.06 bits per heavy atom. The van der Waals surface area contributed by atoms with Crippen LogP contribution >= 0.6 is 0 Å². The molecule has 0 saturated heterocycles. The predicted molar refractivity (Wildman–Crippen MR) is 119 cm³/mol. The number of carbonyl (C=O) groups excluding carboxylic acids is 2. The van der Waals surface area contributed by atoms with E-state index >= 15 is 0 Å². The van der Waals surface area contributed by atoms with Crippen LogP contribution in [0.1, 0.15) is 51.1 Å². The predicted octanol–water partition coefficient (Wildman–Crippen LogP) is 4.75. The Morgan fingerprint density at radius 3 is 2.58 bits per heavy atom. The number of benzene rings is 3. The van der Waals surface area contributed by atoms with Gasteiger partial charge >= 0.3 is 5.97 Å². The van der Waals surface area contributed by atoms with E-state index in [1.807, 2.05) is 66.4 Å². The number of rotatable bonds is 4. The second-order valence-electron chi connectivity index (χ2n) is 8.44. The van der Waals surface area contributed by atoms with Crippen molar-refractivity contribution in [2.45, 2.75) is 38.3 Å². The van der Waals surface area contributed by atoms with E-state index < -0.39 is 11.5 Å². The first-order valence-corrected chi connectivity index (χ1v) is 10.8. The summed E-state index contributed by atoms with van der Waals surface area (Å²) in [5.41, 5.74) is 4.76. The fraction of sp³-hybridized carbons (Fsp3) is 0.259. The molecule has 4 heteroatoms. The number of carbonyl (C=O) groups is 2. The second kappa shape index (κ2) is 7.38. The van der Waals surface area contributed by atoms with Crippen LogP contribution in [0.4, 0.5) is 0 Å². The molecule has 2 aliphatic rings. The Labute approximate surface area is 182 Å². The molecule has 2 atom stereocenters. The minimum Gasteiger partial charge on any atom is -0.465 e. The van der Waals surface area contributed by atoms with Gasteiger partial charge in [0, 0.05) is 12.1 Å². The van der Waals surface area contributed by atoms with Crippen LogP contribution in [0.5, 0.6) is 0 Å². The first-order chi connectivity index (χ1) is 15.1. The summed E-state index contributed by atoms with van der Waals surface area (Å²) in [7, 11) is 0. The highest BCUT2D eigenvalue weighted by molar-refractivity contribution is 6.03. The monoisotopic (exact) mass is 411 g/mol. The lowest BCUT2D eigenvalue weighted by Crippen LogP contribution is -2.54. The summed E-state index contributed by atoms with van der Waals surface area (Å²) in [4.78, 5) is 29.3. The molecule has 3 aromatic rings. The van der Waals surface area contributed by atoms with Crippen LogP contribution in [0, 0.1) is 6.92 Å². The lowest BCUT2D eigenvalue weighted by molar-refractivity contribution is -0.153. The third kappa shape index (κ3) is 2.89. The smallest absolute Gasteiger partial charge is 0.319 e. The van der Waals surface area contributed by atoms with E-state index in [0.717, 1.165) is 27.8 Å². The van der Waals surface area contributed by atoms with Gasteiger partial charge in [0.25, 0.3) is 5.91 Å². The van der Waals surface area contributed by atoms with E-state index in [4.69, 9.17) is 4.74 Å². The molecular formula is C27H25NO3. The molecule has 0 saturated carbocycles. The van der Waals surface area contributed by atoms with Crippen LogP contribution in [-0.4, -0.2) is 23.4 Å². The topological polar surface area (TPSA) is 46.6 Å². The van der Waals surface area contributed by atoms with E-state index in [1.165, 1.54) is 0 Å². The molecule has 31 heavy (non-hydrogen) atoms. The summed E-state index contributed by atoms with van der Waals surface area (Å²) >= 11 is 0. The molecule has 1 aliphatic heterocycles. The summed E-state index contributed by atoms with van der Waals surface area (Å²) in [5, 5.41) is 0. The molecular weight excluding hydrogens is 386 g/mol. The SMILES string of the molecule is CCOC(=O)[C@]12Cc3cc(C)ccc3[C@H]1N(Cc1ccccc1)C(=O)c1ccccc12. The molecule has 156 valence electrons. The van der Waals surface area contributed by atoms with Gasteiger partial charge < -0.3 is 9.64 Å². The van der Waals surface area contributed by atoms with Crippen LogP contribution in [0.2, 0.25) is 0 Å². The molecule has 0 fully saturated rings. The number of hydrogen-bond donors (Lipinski definition) is 0. The standard InChI is InChI=1S/C27H25NO3/c1-3-31-26(30)27-16-20-15-18(2)13-14-21(20)24(27)28(17-19-9-5-4-6-10-19)25(29)22-11-7-8-12-23(22)27/h4-15,24H,3,16-17H2,1-2H3/t24-,27+/m1/s1. The molecule has 1 heterocycles. The second-order valence-corrected chi connectivity index (χ2v) is 8.44. The Balaban J connectivity index is 1.76. The molecule has 1 aliphatic carbocycles. The Morgan fingerprint density at radius 2 is 1.81 bits per heavy atom. The molecule has 4 nitrogen and oxygen atoms in total. The first kappa shape index (κ1) is 19.6. The van der Waals surface area contributed by atoms with E-state index in [0.29, 0.717) is 25.1 Å². The molecule has 0 radical (unpaired) electrons. The Bertz CT molecular complexity index is 1170. The number of aryl methyl sites for hydroxylation is 1. The minimum atomic E-state index is -0.939. The summed E-state index contributed by atoms with van der Waals surface area (Å²) in [6, 6.07) is 23.4. The van der Waals surface area contributed by atoms with Crippen molar-refractivity contribution in [1.29, 1.82) is 0 Å². The van der Waals surface area contributed by atoms with Crippen molar-refractivity contribution < 1.29 is 14.3 Å². The van der Waals surface area contributed by atoms with Crippen molar-refractivity contribution in [3.63, 3.8) is 0 Å². The third-order valence-corrected chi connectivity index (χ3v) is 6.58. The highest BCUT2D eigenvalue weighted by Gasteiger charge is 2.60. The minimum absolute atomic E-state index is 0.0437. The van der Waals surface area contributed by atoms with Crippen LogP contribution in [0.25, 0.3) is 0 Å². The van der Waals surface area contributed by atoms with Gasteiger partial charge in [0.15, 0.2) is 0 Å². The number of hydrogen-bond acceptors (Lipinski definition) is 3. The van der Waals surface area contributed by atoms with Crippen LogP contribution in [0.15, 0.2) is 72.8 Å². The molecule has 0 unspecified atom stereocenters. The quantitative estimate of drug-likeness (QED) is 0.582. The maximum Gasteiger partial charge on any atom is 0.319 e. The molecule has 3 aromatic carbocycles. The average Bonchev–Trinajstić information content (AvgIpc) is 3.13. The molecule has 0 N–H and O–H groups in total. The van der Waals surface area contributed by atoms with Crippen LogP contribution < -0.4 is 0 Å². The number of amides is 1. The van der Waals surface area contributed by atoms with Gasteiger partial charge in [-0.2, -0.15) is 0 Å². The van der Waals surface area contributed by atoms with Crippen LogP contribution in [0.3, 0.4) is 0 Å². The van der Waals surface area contributed by atoms with E-state index in [9.17, 15) is 9.59 Å². The van der Waals surface area contributed by atoms with E-state index in [1.54, 1.807) is 0 Å². The van der Waals surface area contributed by atoms with Crippen molar-refractivity contribution in [1.82, 2.24) is 4.90 Å². The van der Waals surface area contributed by atoms with Gasteiger partial charge in [-0.05, 0) is 48.6 Å². The summed E-state index contributed by atoms with van der Waals surface area (Å²) < 4.78 is 5.66. The lowest BCUT2D eigenvalue weighted by Gasteiger charge is -2.45. The zero-order chi connectivity index (χ0) is 21.6. The highest BCUT2D eigenvalue weighted by atomic mass is 16.5. The zero-order valence-electron chi connectivity index (χ0n) is 17.8. The van der Waals surface area contributed by atoms with Crippen molar-refractivity contribution in [3.05, 3.63) is 106 Å². The summed E-state index contributed by atoms with van der Waals surface area (Å²) in [6.45, 7) is 4.63. The van der Waals surface area contributed by atoms with Gasteiger partial charge in [-0.3, -0.25) is 9.59 Å². The highest BCUT2D eigenvalue weighted by Crippen LogP contribution is 2.55. The summed E-state index contributed by atoms with van der Waals surface area (Å²) in [6.07, 6.45) is 0.531. The number of nitrogens with zero attached hydrogens (tertiary/aromatic N) is 1. The summed E-state index contributed by atoms with van der Waals surface area (Å²) in [5.74, 6) is -0.301. The first-order valence-electron chi connectivity index (χ1n) is 10.8. The maximum atomic E-state index is 13.7. The van der Waals surface area contributed by atoms with Gasteiger partial charge in [0.1, 0.15) is 5.41 Å². The Hall–Kier alpha value is -3.40. The van der Waals surface area contributed by atoms with Gasteiger partial charge in [-0.25, -0.2) is 0 Å². The van der Waals surface area contributed by atoms with Gasteiger partial charge in [0.2, 0.25) is 0 Å². The molecule has 1 amide bonds. The third-order valence-electron chi connectivity index (χ3n) is 6.58. The lowest BCUT2D eigenvalue weighted by atomic mass is 9.69. The van der Waals surface area contributed by atoms with Gasteiger partial charge in [-0.1, -0.05) is 72.3 Å². The molecule has 0 aromatic heterocycles. The normalized spacial score (nSPS) is 21.3. The fourth-order valence-corrected chi connectivity index (χ4v) is 5.32.